The molecule has 0 aliphatic rings. The van der Waals surface area contributed by atoms with E-state index in [1.54, 1.807) is 18.4 Å². The van der Waals surface area contributed by atoms with E-state index < -0.39 is 0 Å². The van der Waals surface area contributed by atoms with E-state index in [1.165, 1.54) is 0 Å². The minimum absolute atomic E-state index is 0.0287. The first-order valence-corrected chi connectivity index (χ1v) is 9.51. The van der Waals surface area contributed by atoms with Crippen LogP contribution in [0.1, 0.15) is 38.1 Å². The minimum atomic E-state index is 0.0287. The van der Waals surface area contributed by atoms with Crippen LogP contribution in [0.15, 0.2) is 30.5 Å². The molecule has 3 rings (SSSR count). The molecule has 1 atom stereocenters. The SMILES string of the molecule is COc1ccccc1C(CNc1nn2cc(C(C)(C)C)nc2s1)N(C)C. The number of para-hydroxylation sites is 1. The molecular formula is C19H27N5OS. The molecule has 0 aliphatic heterocycles. The van der Waals surface area contributed by atoms with Crippen molar-refractivity contribution < 1.29 is 4.74 Å². The average Bonchev–Trinajstić information content (AvgIpc) is 3.13. The summed E-state index contributed by atoms with van der Waals surface area (Å²) in [7, 11) is 5.85. The first-order valence-electron chi connectivity index (χ1n) is 8.69. The van der Waals surface area contributed by atoms with Gasteiger partial charge in [0.1, 0.15) is 5.75 Å². The Kier molecular flexibility index (Phi) is 5.20. The molecule has 3 aromatic rings. The van der Waals surface area contributed by atoms with E-state index in [2.05, 4.69) is 56.2 Å². The summed E-state index contributed by atoms with van der Waals surface area (Å²) in [6.45, 7) is 7.21. The molecule has 0 saturated heterocycles. The lowest BCUT2D eigenvalue weighted by molar-refractivity contribution is 0.300. The Morgan fingerprint density at radius 1 is 1.27 bits per heavy atom. The van der Waals surface area contributed by atoms with Gasteiger partial charge in [-0.15, -0.1) is 5.10 Å². The highest BCUT2D eigenvalue weighted by molar-refractivity contribution is 7.20. The fourth-order valence-electron chi connectivity index (χ4n) is 2.83. The quantitative estimate of drug-likeness (QED) is 0.712. The Bertz CT molecular complexity index is 846. The normalized spacial score (nSPS) is 13.3. The van der Waals surface area contributed by atoms with Gasteiger partial charge in [-0.05, 0) is 20.2 Å². The maximum Gasteiger partial charge on any atom is 0.214 e. The molecule has 140 valence electrons. The van der Waals surface area contributed by atoms with Crippen LogP contribution >= 0.6 is 11.3 Å². The first kappa shape index (κ1) is 18.7. The topological polar surface area (TPSA) is 54.7 Å². The number of imidazole rings is 1. The predicted molar refractivity (Wildman–Crippen MR) is 107 cm³/mol. The van der Waals surface area contributed by atoms with Gasteiger partial charge in [0, 0.05) is 17.5 Å². The molecule has 2 aromatic heterocycles. The number of nitrogens with zero attached hydrogens (tertiary/aromatic N) is 4. The molecule has 0 radical (unpaired) electrons. The minimum Gasteiger partial charge on any atom is -0.496 e. The van der Waals surface area contributed by atoms with E-state index in [0.29, 0.717) is 0 Å². The van der Waals surface area contributed by atoms with Crippen LogP contribution in [0.5, 0.6) is 5.75 Å². The van der Waals surface area contributed by atoms with E-state index in [1.807, 2.05) is 28.9 Å². The van der Waals surface area contributed by atoms with Crippen LogP contribution in [-0.2, 0) is 5.41 Å². The van der Waals surface area contributed by atoms with Crippen LogP contribution in [0.25, 0.3) is 4.96 Å². The molecule has 1 aromatic carbocycles. The van der Waals surface area contributed by atoms with Gasteiger partial charge in [0.05, 0.1) is 25.0 Å². The number of ether oxygens (including phenoxy) is 1. The van der Waals surface area contributed by atoms with Gasteiger partial charge in [0.15, 0.2) is 0 Å². The number of methoxy groups -OCH3 is 1. The lowest BCUT2D eigenvalue weighted by Gasteiger charge is -2.26. The Hall–Kier alpha value is -2.12. The third kappa shape index (κ3) is 3.83. The molecular weight excluding hydrogens is 346 g/mol. The molecule has 0 fully saturated rings. The average molecular weight is 374 g/mol. The zero-order valence-corrected chi connectivity index (χ0v) is 17.1. The molecule has 1 unspecified atom stereocenters. The molecule has 1 N–H and O–H groups in total. The third-order valence-electron chi connectivity index (χ3n) is 4.38. The number of rotatable bonds is 6. The summed E-state index contributed by atoms with van der Waals surface area (Å²) >= 11 is 1.57. The Morgan fingerprint density at radius 3 is 2.62 bits per heavy atom. The number of hydrogen-bond donors (Lipinski definition) is 1. The summed E-state index contributed by atoms with van der Waals surface area (Å²) in [4.78, 5) is 7.80. The molecule has 0 spiro atoms. The fourth-order valence-corrected chi connectivity index (χ4v) is 3.62. The van der Waals surface area contributed by atoms with Crippen LogP contribution in [-0.4, -0.2) is 47.2 Å². The summed E-state index contributed by atoms with van der Waals surface area (Å²) in [5.41, 5.74) is 2.24. The smallest absolute Gasteiger partial charge is 0.214 e. The van der Waals surface area contributed by atoms with Gasteiger partial charge >= 0.3 is 0 Å². The van der Waals surface area contributed by atoms with Crippen LogP contribution in [0, 0.1) is 0 Å². The predicted octanol–water partition coefficient (Wildman–Crippen LogP) is 3.81. The number of aromatic nitrogens is 3. The Balaban J connectivity index is 1.77. The molecule has 26 heavy (non-hydrogen) atoms. The molecule has 0 bridgehead atoms. The maximum atomic E-state index is 5.53. The van der Waals surface area contributed by atoms with Crippen LogP contribution in [0.4, 0.5) is 5.13 Å². The highest BCUT2D eigenvalue weighted by Gasteiger charge is 2.21. The molecule has 0 saturated carbocycles. The van der Waals surface area contributed by atoms with Crippen molar-refractivity contribution in [1.29, 1.82) is 0 Å². The highest BCUT2D eigenvalue weighted by Crippen LogP contribution is 2.29. The van der Waals surface area contributed by atoms with Crippen LogP contribution in [0.3, 0.4) is 0 Å². The van der Waals surface area contributed by atoms with E-state index in [-0.39, 0.29) is 11.5 Å². The molecule has 6 nitrogen and oxygen atoms in total. The lowest BCUT2D eigenvalue weighted by Crippen LogP contribution is -2.27. The van der Waals surface area contributed by atoms with Gasteiger partial charge in [-0.3, -0.25) is 0 Å². The fraction of sp³-hybridized carbons (Fsp3) is 0.474. The molecule has 0 amide bonds. The van der Waals surface area contributed by atoms with Crippen molar-refractivity contribution in [3.8, 4) is 5.75 Å². The maximum absolute atomic E-state index is 5.53. The number of benzene rings is 1. The summed E-state index contributed by atoms with van der Waals surface area (Å²) in [5.74, 6) is 0.900. The largest absolute Gasteiger partial charge is 0.496 e. The van der Waals surface area contributed by atoms with Gasteiger partial charge in [-0.2, -0.15) is 0 Å². The first-order chi connectivity index (χ1) is 12.3. The van der Waals surface area contributed by atoms with Gasteiger partial charge in [0.2, 0.25) is 10.1 Å². The Labute approximate surface area is 158 Å². The molecule has 0 aliphatic carbocycles. The van der Waals surface area contributed by atoms with Crippen molar-refractivity contribution in [2.24, 2.45) is 0 Å². The Morgan fingerprint density at radius 2 is 2.00 bits per heavy atom. The second kappa shape index (κ2) is 7.25. The second-order valence-corrected chi connectivity index (χ2v) is 8.57. The van der Waals surface area contributed by atoms with Crippen LogP contribution in [0.2, 0.25) is 0 Å². The number of likely N-dealkylation sites (N-methyl/N-ethyl adjacent to an activating group) is 1. The monoisotopic (exact) mass is 373 g/mol. The van der Waals surface area contributed by atoms with E-state index in [0.717, 1.165) is 33.6 Å². The van der Waals surface area contributed by atoms with Crippen molar-refractivity contribution >= 4 is 21.4 Å². The van der Waals surface area contributed by atoms with Crippen molar-refractivity contribution in [2.45, 2.75) is 32.2 Å². The third-order valence-corrected chi connectivity index (χ3v) is 5.26. The summed E-state index contributed by atoms with van der Waals surface area (Å²) in [6, 6.07) is 8.31. The van der Waals surface area contributed by atoms with E-state index >= 15 is 0 Å². The summed E-state index contributed by atoms with van der Waals surface area (Å²) in [6.07, 6.45) is 2.01. The number of hydrogen-bond acceptors (Lipinski definition) is 6. The molecule has 2 heterocycles. The molecule has 7 heteroatoms. The summed E-state index contributed by atoms with van der Waals surface area (Å²) in [5, 5.41) is 8.96. The zero-order valence-electron chi connectivity index (χ0n) is 16.3. The second-order valence-electron chi connectivity index (χ2n) is 7.61. The summed E-state index contributed by atoms with van der Waals surface area (Å²) < 4.78 is 7.39. The van der Waals surface area contributed by atoms with Gasteiger partial charge in [-0.25, -0.2) is 9.50 Å². The standard InChI is InChI=1S/C19H27N5OS/c1-19(2,3)16-12-24-18(21-16)26-17(22-24)20-11-14(23(4)5)13-9-7-8-10-15(13)25-6/h7-10,12,14H,11H2,1-6H3,(H,20,22). The van der Waals surface area contributed by atoms with Gasteiger partial charge in [0.25, 0.3) is 0 Å². The lowest BCUT2D eigenvalue weighted by atomic mass is 9.93. The van der Waals surface area contributed by atoms with Gasteiger partial charge < -0.3 is 15.0 Å². The van der Waals surface area contributed by atoms with Crippen molar-refractivity contribution in [3.05, 3.63) is 41.7 Å². The van der Waals surface area contributed by atoms with E-state index in [9.17, 15) is 0 Å². The van der Waals surface area contributed by atoms with E-state index in [4.69, 9.17) is 9.72 Å². The van der Waals surface area contributed by atoms with Crippen LogP contribution < -0.4 is 10.1 Å². The highest BCUT2D eigenvalue weighted by atomic mass is 32.1. The zero-order chi connectivity index (χ0) is 18.9. The van der Waals surface area contributed by atoms with Crippen molar-refractivity contribution in [1.82, 2.24) is 19.5 Å². The van der Waals surface area contributed by atoms with Gasteiger partial charge in [-0.1, -0.05) is 50.3 Å². The number of fused-ring (bicyclic) bond motifs is 1. The van der Waals surface area contributed by atoms with Crippen molar-refractivity contribution in [2.75, 3.05) is 33.1 Å². The number of nitrogens with one attached hydrogen (secondary N) is 1. The number of anilines is 1. The van der Waals surface area contributed by atoms with Crippen molar-refractivity contribution in [3.63, 3.8) is 0 Å².